The number of nitrogens with one attached hydrogen (secondary N) is 2. The molecule has 0 unspecified atom stereocenters. The zero-order chi connectivity index (χ0) is 5.98. The zero-order valence-corrected chi connectivity index (χ0v) is 7.86. The molecular weight excluding hydrogens is 171 g/mol. The van der Waals surface area contributed by atoms with E-state index in [-0.39, 0.29) is 24.8 Å². The average molecular weight is 185 g/mol. The predicted octanol–water partition coefficient (Wildman–Crippen LogP) is 1.27. The smallest absolute Gasteiger partial charge is 0.0310 e. The highest BCUT2D eigenvalue weighted by Crippen LogP contribution is 2.01. The Kier molecular flexibility index (Phi) is 7.70. The van der Waals surface area contributed by atoms with Crippen LogP contribution in [0.15, 0.2) is 11.1 Å². The average Bonchev–Trinajstić information content (AvgIpc) is 1.77. The fourth-order valence-electron chi connectivity index (χ4n) is 0.692. The van der Waals surface area contributed by atoms with Gasteiger partial charge in [-0.3, -0.25) is 10.9 Å². The van der Waals surface area contributed by atoms with Crippen LogP contribution in [-0.4, -0.2) is 13.1 Å². The Morgan fingerprint density at radius 1 is 0.900 bits per heavy atom. The molecule has 1 aliphatic rings. The van der Waals surface area contributed by atoms with E-state index in [4.69, 9.17) is 0 Å². The SMILES string of the molecule is CC1=C(C)CNNC1.Cl.Cl. The first kappa shape index (κ1) is 12.9. The van der Waals surface area contributed by atoms with Gasteiger partial charge in [0.05, 0.1) is 0 Å². The van der Waals surface area contributed by atoms with Crippen LogP contribution in [0.3, 0.4) is 0 Å². The summed E-state index contributed by atoms with van der Waals surface area (Å²) in [4.78, 5) is 0. The van der Waals surface area contributed by atoms with Crippen molar-refractivity contribution in [2.75, 3.05) is 13.1 Å². The van der Waals surface area contributed by atoms with Crippen LogP contribution in [0.5, 0.6) is 0 Å². The fourth-order valence-corrected chi connectivity index (χ4v) is 0.692. The van der Waals surface area contributed by atoms with Crippen molar-refractivity contribution in [3.8, 4) is 0 Å². The van der Waals surface area contributed by atoms with E-state index in [0.29, 0.717) is 0 Å². The van der Waals surface area contributed by atoms with Crippen molar-refractivity contribution in [3.05, 3.63) is 11.1 Å². The number of hydrazine groups is 1. The van der Waals surface area contributed by atoms with Gasteiger partial charge in [0.1, 0.15) is 0 Å². The summed E-state index contributed by atoms with van der Waals surface area (Å²) >= 11 is 0. The highest BCUT2D eigenvalue weighted by molar-refractivity contribution is 5.85. The lowest BCUT2D eigenvalue weighted by atomic mass is 10.1. The van der Waals surface area contributed by atoms with E-state index in [1.807, 2.05) is 0 Å². The molecule has 1 aliphatic heterocycles. The van der Waals surface area contributed by atoms with E-state index in [1.54, 1.807) is 0 Å². The van der Waals surface area contributed by atoms with Crippen molar-refractivity contribution < 1.29 is 0 Å². The molecule has 62 valence electrons. The van der Waals surface area contributed by atoms with Crippen LogP contribution < -0.4 is 10.9 Å². The molecule has 0 aromatic heterocycles. The molecule has 1 rings (SSSR count). The second kappa shape index (κ2) is 5.98. The van der Waals surface area contributed by atoms with Gasteiger partial charge in [-0.2, -0.15) is 0 Å². The topological polar surface area (TPSA) is 24.1 Å². The lowest BCUT2D eigenvalue weighted by Crippen LogP contribution is -2.38. The molecule has 1 heterocycles. The molecule has 10 heavy (non-hydrogen) atoms. The van der Waals surface area contributed by atoms with E-state index < -0.39 is 0 Å². The Morgan fingerprint density at radius 3 is 1.40 bits per heavy atom. The summed E-state index contributed by atoms with van der Waals surface area (Å²) in [6.07, 6.45) is 0. The number of rotatable bonds is 0. The summed E-state index contributed by atoms with van der Waals surface area (Å²) in [5.41, 5.74) is 9.04. The second-order valence-corrected chi connectivity index (χ2v) is 2.27. The molecule has 4 heteroatoms. The highest BCUT2D eigenvalue weighted by atomic mass is 35.5. The van der Waals surface area contributed by atoms with Crippen LogP contribution >= 0.6 is 24.8 Å². The largest absolute Gasteiger partial charge is 0.253 e. The minimum atomic E-state index is 0. The number of halogens is 2. The molecule has 0 spiro atoms. The van der Waals surface area contributed by atoms with Crippen molar-refractivity contribution in [1.82, 2.24) is 10.9 Å². The first-order chi connectivity index (χ1) is 3.80. The summed E-state index contributed by atoms with van der Waals surface area (Å²) < 4.78 is 0. The molecule has 0 saturated carbocycles. The molecule has 0 radical (unpaired) electrons. The number of hydrogen-bond acceptors (Lipinski definition) is 2. The van der Waals surface area contributed by atoms with E-state index in [2.05, 4.69) is 24.7 Å². The fraction of sp³-hybridized carbons (Fsp3) is 0.667. The van der Waals surface area contributed by atoms with Crippen molar-refractivity contribution in [3.63, 3.8) is 0 Å². The Morgan fingerprint density at radius 2 is 1.20 bits per heavy atom. The Labute approximate surface area is 74.2 Å². The first-order valence-corrected chi connectivity index (χ1v) is 2.91. The van der Waals surface area contributed by atoms with Crippen LogP contribution in [-0.2, 0) is 0 Å². The van der Waals surface area contributed by atoms with E-state index in [1.165, 1.54) is 11.1 Å². The molecule has 0 aromatic rings. The van der Waals surface area contributed by atoms with Gasteiger partial charge in [-0.05, 0) is 13.8 Å². The van der Waals surface area contributed by atoms with Crippen LogP contribution in [0.25, 0.3) is 0 Å². The molecule has 0 aromatic carbocycles. The van der Waals surface area contributed by atoms with Crippen LogP contribution in [0.2, 0.25) is 0 Å². The first-order valence-electron chi connectivity index (χ1n) is 2.91. The quantitative estimate of drug-likeness (QED) is 0.555. The van der Waals surface area contributed by atoms with Gasteiger partial charge in [0.25, 0.3) is 0 Å². The van der Waals surface area contributed by atoms with Crippen molar-refractivity contribution in [2.24, 2.45) is 0 Å². The van der Waals surface area contributed by atoms with Gasteiger partial charge in [-0.25, -0.2) is 0 Å². The van der Waals surface area contributed by atoms with E-state index >= 15 is 0 Å². The van der Waals surface area contributed by atoms with Crippen LogP contribution in [0, 0.1) is 0 Å². The Balaban J connectivity index is 0. The summed E-state index contributed by atoms with van der Waals surface area (Å²) in [5, 5.41) is 0. The predicted molar refractivity (Wildman–Crippen MR) is 48.9 cm³/mol. The summed E-state index contributed by atoms with van der Waals surface area (Å²) in [5.74, 6) is 0. The lowest BCUT2D eigenvalue weighted by Gasteiger charge is -2.16. The summed E-state index contributed by atoms with van der Waals surface area (Å²) in [6, 6.07) is 0. The van der Waals surface area contributed by atoms with E-state index in [9.17, 15) is 0 Å². The third-order valence-corrected chi connectivity index (χ3v) is 1.56. The lowest BCUT2D eigenvalue weighted by molar-refractivity contribution is 0.557. The Hall–Kier alpha value is 0.240. The van der Waals surface area contributed by atoms with Crippen LogP contribution in [0.1, 0.15) is 13.8 Å². The maximum Gasteiger partial charge on any atom is 0.0310 e. The molecule has 0 saturated heterocycles. The normalized spacial score (nSPS) is 17.4. The van der Waals surface area contributed by atoms with Gasteiger partial charge in [-0.15, -0.1) is 24.8 Å². The monoisotopic (exact) mass is 184 g/mol. The summed E-state index contributed by atoms with van der Waals surface area (Å²) in [6.45, 7) is 6.30. The molecule has 0 aliphatic carbocycles. The van der Waals surface area contributed by atoms with Crippen molar-refractivity contribution in [1.29, 1.82) is 0 Å². The molecule has 0 amide bonds. The molecule has 2 nitrogen and oxygen atoms in total. The molecule has 2 N–H and O–H groups in total. The van der Waals surface area contributed by atoms with Gasteiger partial charge >= 0.3 is 0 Å². The maximum absolute atomic E-state index is 3.06. The van der Waals surface area contributed by atoms with E-state index in [0.717, 1.165) is 13.1 Å². The zero-order valence-electron chi connectivity index (χ0n) is 6.23. The molecule has 0 fully saturated rings. The number of hydrogen-bond donors (Lipinski definition) is 2. The second-order valence-electron chi connectivity index (χ2n) is 2.27. The van der Waals surface area contributed by atoms with Crippen molar-refractivity contribution in [2.45, 2.75) is 13.8 Å². The van der Waals surface area contributed by atoms with Crippen molar-refractivity contribution >= 4 is 24.8 Å². The van der Waals surface area contributed by atoms with Gasteiger partial charge in [-0.1, -0.05) is 11.1 Å². The maximum atomic E-state index is 3.06. The van der Waals surface area contributed by atoms with Gasteiger partial charge < -0.3 is 0 Å². The van der Waals surface area contributed by atoms with Gasteiger partial charge in [0, 0.05) is 13.1 Å². The highest BCUT2D eigenvalue weighted by Gasteiger charge is 2.00. The third kappa shape index (κ3) is 3.42. The molecule has 0 atom stereocenters. The standard InChI is InChI=1S/C6H12N2.2ClH/c1-5-3-7-8-4-6(5)2;;/h7-8H,3-4H2,1-2H3;2*1H. The van der Waals surface area contributed by atoms with Crippen LogP contribution in [0.4, 0.5) is 0 Å². The summed E-state index contributed by atoms with van der Waals surface area (Å²) in [7, 11) is 0. The molecular formula is C6H14Cl2N2. The molecule has 0 bridgehead atoms. The minimum Gasteiger partial charge on any atom is -0.253 e. The van der Waals surface area contributed by atoms with Gasteiger partial charge in [0.2, 0.25) is 0 Å². The minimum absolute atomic E-state index is 0. The Bertz CT molecular complexity index is 109. The van der Waals surface area contributed by atoms with Gasteiger partial charge in [0.15, 0.2) is 0 Å². The third-order valence-electron chi connectivity index (χ3n) is 1.56.